The van der Waals surface area contributed by atoms with E-state index < -0.39 is 0 Å². The molecule has 0 spiro atoms. The van der Waals surface area contributed by atoms with Crippen LogP contribution in [0.4, 0.5) is 0 Å². The molecule has 0 fully saturated rings. The molecular formula is C4H12Cl2NZr. The average molecular weight is 236 g/mol. The fraction of sp³-hybridized carbons (Fsp3) is 1.00. The Hall–Kier alpha value is 1.42. The SMILES string of the molecule is CC(C)(C)[NH][Zr].Cl.Cl. The Morgan fingerprint density at radius 2 is 1.25 bits per heavy atom. The molecule has 0 atom stereocenters. The van der Waals surface area contributed by atoms with E-state index in [9.17, 15) is 0 Å². The fourth-order valence-electron chi connectivity index (χ4n) is 0. The van der Waals surface area contributed by atoms with Crippen molar-refractivity contribution in [2.24, 2.45) is 0 Å². The minimum Gasteiger partial charge on any atom is -0.147 e. The van der Waals surface area contributed by atoms with Crippen molar-refractivity contribution in [3.05, 3.63) is 0 Å². The van der Waals surface area contributed by atoms with Gasteiger partial charge in [0.25, 0.3) is 0 Å². The first-order chi connectivity index (χ1) is 2.56. The summed E-state index contributed by atoms with van der Waals surface area (Å²) in [5, 5.41) is 0. The summed E-state index contributed by atoms with van der Waals surface area (Å²) in [5.41, 5.74) is 0.332. The van der Waals surface area contributed by atoms with Crippen LogP contribution in [0.25, 0.3) is 0 Å². The van der Waals surface area contributed by atoms with Crippen molar-refractivity contribution in [1.29, 1.82) is 0 Å². The summed E-state index contributed by atoms with van der Waals surface area (Å²) in [6.45, 7) is 6.46. The maximum atomic E-state index is 3.19. The summed E-state index contributed by atoms with van der Waals surface area (Å²) in [6.07, 6.45) is 0. The van der Waals surface area contributed by atoms with Gasteiger partial charge in [-0.2, -0.15) is 0 Å². The van der Waals surface area contributed by atoms with E-state index in [1.165, 1.54) is 25.0 Å². The topological polar surface area (TPSA) is 12.0 Å². The van der Waals surface area contributed by atoms with Gasteiger partial charge in [0.05, 0.1) is 0 Å². The van der Waals surface area contributed by atoms with Gasteiger partial charge in [-0.25, -0.2) is 0 Å². The van der Waals surface area contributed by atoms with Gasteiger partial charge in [-0.05, 0) is 0 Å². The summed E-state index contributed by atoms with van der Waals surface area (Å²) in [5.74, 6) is 0. The van der Waals surface area contributed by atoms with E-state index in [1.54, 1.807) is 0 Å². The molecule has 0 aromatic heterocycles. The molecule has 0 saturated carbocycles. The second-order valence-electron chi connectivity index (χ2n) is 2.38. The van der Waals surface area contributed by atoms with Crippen molar-refractivity contribution >= 4 is 24.8 Å². The normalized spacial score (nSPS) is 8.75. The minimum absolute atomic E-state index is 0. The van der Waals surface area contributed by atoms with E-state index in [2.05, 4.69) is 24.0 Å². The third kappa shape index (κ3) is 15.7. The molecule has 1 N–H and O–H groups in total. The Morgan fingerprint density at radius 3 is 1.25 bits per heavy atom. The maximum absolute atomic E-state index is 3.19. The maximum Gasteiger partial charge on any atom is -0.147 e. The molecule has 0 aliphatic carbocycles. The van der Waals surface area contributed by atoms with Crippen molar-refractivity contribution < 1.29 is 25.0 Å². The zero-order chi connectivity index (χ0) is 5.21. The molecule has 0 radical (unpaired) electrons. The summed E-state index contributed by atoms with van der Waals surface area (Å²) in [6, 6.07) is 0. The van der Waals surface area contributed by atoms with Crippen LogP contribution in [0.3, 0.4) is 0 Å². The number of halogens is 2. The molecule has 0 aliphatic rings. The molecule has 0 bridgehead atoms. The van der Waals surface area contributed by atoms with Crippen LogP contribution in [0.5, 0.6) is 0 Å². The first kappa shape index (κ1) is 16.2. The number of nitrogens with one attached hydrogen (secondary N) is 1. The summed E-state index contributed by atoms with van der Waals surface area (Å²) >= 11 is 1.40. The van der Waals surface area contributed by atoms with Gasteiger partial charge in [-0.15, -0.1) is 24.8 Å². The van der Waals surface area contributed by atoms with Gasteiger partial charge in [0, 0.05) is 0 Å². The molecular weight excluding hydrogens is 224 g/mol. The minimum atomic E-state index is 0. The quantitative estimate of drug-likeness (QED) is 0.675. The molecule has 0 aromatic rings. The molecule has 4 heteroatoms. The van der Waals surface area contributed by atoms with Crippen LogP contribution in [0.15, 0.2) is 0 Å². The van der Waals surface area contributed by atoms with Crippen molar-refractivity contribution in [1.82, 2.24) is 3.26 Å². The zero-order valence-electron chi connectivity index (χ0n) is 5.32. The largest absolute Gasteiger partial charge is 0.147 e. The Morgan fingerprint density at radius 1 is 1.12 bits per heavy atom. The Bertz CT molecular complexity index is 43.8. The molecule has 0 rings (SSSR count). The van der Waals surface area contributed by atoms with Gasteiger partial charge in [0.1, 0.15) is 0 Å². The van der Waals surface area contributed by atoms with Gasteiger partial charge in [-0.3, -0.25) is 0 Å². The number of hydrogen-bond donors (Lipinski definition) is 1. The van der Waals surface area contributed by atoms with Crippen molar-refractivity contribution in [2.45, 2.75) is 26.3 Å². The van der Waals surface area contributed by atoms with E-state index in [4.69, 9.17) is 0 Å². The average Bonchev–Trinajstić information content (AvgIpc) is 1.35. The van der Waals surface area contributed by atoms with Gasteiger partial charge in [0.2, 0.25) is 0 Å². The van der Waals surface area contributed by atoms with Crippen molar-refractivity contribution in [3.8, 4) is 0 Å². The third-order valence-electron chi connectivity index (χ3n) is 0.375. The standard InChI is InChI=1S/C4H10N.2ClH.Zr/c1-4(2,3)5;;;/h5H,1-3H3;2*1H;/q-1;;;+1. The second-order valence-corrected chi connectivity index (χ2v) is 2.99. The Balaban J connectivity index is -0.000000125. The predicted molar refractivity (Wildman–Crippen MR) is 37.4 cm³/mol. The van der Waals surface area contributed by atoms with Gasteiger partial charge in [0.15, 0.2) is 0 Å². The molecule has 0 saturated heterocycles. The smallest absolute Gasteiger partial charge is 0.147 e. The van der Waals surface area contributed by atoms with Gasteiger partial charge in [-0.1, -0.05) is 0 Å². The van der Waals surface area contributed by atoms with Crippen LogP contribution < -0.4 is 3.26 Å². The molecule has 0 unspecified atom stereocenters. The molecule has 0 aromatic carbocycles. The molecule has 51 valence electrons. The van der Waals surface area contributed by atoms with Gasteiger partial charge >= 0.3 is 54.6 Å². The van der Waals surface area contributed by atoms with Crippen molar-refractivity contribution in [3.63, 3.8) is 0 Å². The van der Waals surface area contributed by atoms with Crippen LogP contribution in [-0.2, 0) is 25.0 Å². The number of hydrogen-bond acceptors (Lipinski definition) is 1. The van der Waals surface area contributed by atoms with E-state index in [1.807, 2.05) is 0 Å². The third-order valence-corrected chi connectivity index (χ3v) is 2.22. The summed E-state index contributed by atoms with van der Waals surface area (Å²) in [7, 11) is 0. The van der Waals surface area contributed by atoms with Crippen LogP contribution in [0.1, 0.15) is 20.8 Å². The van der Waals surface area contributed by atoms with Crippen LogP contribution in [0.2, 0.25) is 0 Å². The summed E-state index contributed by atoms with van der Waals surface area (Å²) in [4.78, 5) is 0. The van der Waals surface area contributed by atoms with Crippen molar-refractivity contribution in [2.75, 3.05) is 0 Å². The van der Waals surface area contributed by atoms with E-state index in [0.717, 1.165) is 0 Å². The zero-order valence-corrected chi connectivity index (χ0v) is 9.41. The van der Waals surface area contributed by atoms with E-state index >= 15 is 0 Å². The predicted octanol–water partition coefficient (Wildman–Crippen LogP) is 1.68. The Labute approximate surface area is 79.1 Å². The first-order valence-electron chi connectivity index (χ1n) is 2.00. The van der Waals surface area contributed by atoms with Crippen LogP contribution >= 0.6 is 24.8 Å². The van der Waals surface area contributed by atoms with E-state index in [0.29, 0.717) is 5.54 Å². The van der Waals surface area contributed by atoms with E-state index in [-0.39, 0.29) is 24.8 Å². The first-order valence-corrected chi connectivity index (χ1v) is 3.23. The van der Waals surface area contributed by atoms with Crippen LogP contribution in [0, 0.1) is 0 Å². The molecule has 0 amide bonds. The fourth-order valence-corrected chi connectivity index (χ4v) is 0. The Kier molecular flexibility index (Phi) is 13.3. The second kappa shape index (κ2) is 6.54. The van der Waals surface area contributed by atoms with Gasteiger partial charge < -0.3 is 0 Å². The monoisotopic (exact) mass is 234 g/mol. The summed E-state index contributed by atoms with van der Waals surface area (Å²) < 4.78 is 3.19. The molecule has 1 nitrogen and oxygen atoms in total. The molecule has 0 aliphatic heterocycles. The molecule has 0 heterocycles. The number of rotatable bonds is 0. The van der Waals surface area contributed by atoms with Crippen LogP contribution in [-0.4, -0.2) is 5.54 Å². The molecule has 8 heavy (non-hydrogen) atoms.